The minimum atomic E-state index is -2.70. The number of aryl methyl sites for hydroxylation is 1. The van der Waals surface area contributed by atoms with E-state index in [4.69, 9.17) is 19.8 Å². The van der Waals surface area contributed by atoms with E-state index < -0.39 is 12.0 Å². The van der Waals surface area contributed by atoms with E-state index in [0.717, 1.165) is 37.1 Å². The summed E-state index contributed by atoms with van der Waals surface area (Å²) in [5.74, 6) is -2.86. The Bertz CT molecular complexity index is 1420. The summed E-state index contributed by atoms with van der Waals surface area (Å²) in [5, 5.41) is 15.2. The molecule has 0 aromatic carbocycles. The molecule has 2 amide bonds. The van der Waals surface area contributed by atoms with E-state index in [9.17, 15) is 18.4 Å². The van der Waals surface area contributed by atoms with Gasteiger partial charge in [-0.3, -0.25) is 14.3 Å². The van der Waals surface area contributed by atoms with E-state index in [-0.39, 0.29) is 55.3 Å². The lowest BCUT2D eigenvalue weighted by Crippen LogP contribution is -2.38. The summed E-state index contributed by atoms with van der Waals surface area (Å²) in [6.45, 7) is 4.38. The fourth-order valence-electron chi connectivity index (χ4n) is 6.56. The van der Waals surface area contributed by atoms with Gasteiger partial charge in [0.15, 0.2) is 0 Å². The topological polar surface area (TPSA) is 128 Å². The lowest BCUT2D eigenvalue weighted by Gasteiger charge is -2.33. The maximum Gasteiger partial charge on any atom is 0.270 e. The van der Waals surface area contributed by atoms with Crippen LogP contribution in [0.2, 0.25) is 0 Å². The number of carbonyl (C=O) groups is 2. The average molecular weight is 585 g/mol. The highest BCUT2D eigenvalue weighted by atomic mass is 19.3. The number of hydrogen-bond acceptors (Lipinski definition) is 7. The predicted molar refractivity (Wildman–Crippen MR) is 148 cm³/mol. The minimum Gasteiger partial charge on any atom is -0.381 e. The molecular formula is C29H38F2N8O3. The van der Waals surface area contributed by atoms with Crippen molar-refractivity contribution in [1.82, 2.24) is 40.0 Å². The van der Waals surface area contributed by atoms with Crippen LogP contribution < -0.4 is 10.6 Å². The first-order chi connectivity index (χ1) is 20.3. The Morgan fingerprint density at radius 2 is 1.98 bits per heavy atom. The van der Waals surface area contributed by atoms with E-state index >= 15 is 0 Å². The number of fused-ring (bicyclic) bond motifs is 1. The van der Waals surface area contributed by atoms with Gasteiger partial charge in [0.25, 0.3) is 11.7 Å². The lowest BCUT2D eigenvalue weighted by atomic mass is 9.81. The lowest BCUT2D eigenvalue weighted by molar-refractivity contribution is -0.126. The number of ether oxygens (including phenoxy) is 1. The van der Waals surface area contributed by atoms with Crippen LogP contribution in [-0.2, 0) is 22.5 Å². The van der Waals surface area contributed by atoms with Crippen molar-refractivity contribution in [2.24, 2.45) is 11.8 Å². The molecular weight excluding hydrogens is 546 g/mol. The fourth-order valence-corrected chi connectivity index (χ4v) is 6.56. The molecule has 3 aromatic rings. The second-order valence-corrected chi connectivity index (χ2v) is 11.8. The van der Waals surface area contributed by atoms with Gasteiger partial charge in [-0.15, -0.1) is 0 Å². The van der Waals surface area contributed by atoms with Crippen LogP contribution in [0.5, 0.6) is 0 Å². The van der Waals surface area contributed by atoms with Gasteiger partial charge in [0.2, 0.25) is 11.8 Å². The Hall–Kier alpha value is -3.48. The number of amides is 2. The maximum atomic E-state index is 14.1. The van der Waals surface area contributed by atoms with E-state index in [1.807, 2.05) is 6.92 Å². The molecule has 13 heteroatoms. The Morgan fingerprint density at radius 1 is 1.19 bits per heavy atom. The maximum absolute atomic E-state index is 14.1. The number of alkyl halides is 2. The summed E-state index contributed by atoms with van der Waals surface area (Å²) in [4.78, 5) is 35.8. The standard InChI is InChI=1S/C29H38F2N8O3/c1-2-38-23(7-13-33-38)27(41)35-25(18-5-10-29(30,31)11-6-18)22-17-39-28(34-22)36-24(19-8-14-42-15-9-19)21(37-39)16-20-4-3-12-32-26(20)40/h7,13,17-20,25H,2-6,8-12,14-16H2,1H3,(H,32,40)(H,35,41)/t20-,25?/m1/s1. The van der Waals surface area contributed by atoms with Crippen molar-refractivity contribution in [2.45, 2.75) is 89.1 Å². The number of carbonyl (C=O) groups excluding carboxylic acids is 2. The van der Waals surface area contributed by atoms with Gasteiger partial charge in [-0.25, -0.2) is 23.3 Å². The Labute approximate surface area is 242 Å². The number of rotatable bonds is 8. The summed E-state index contributed by atoms with van der Waals surface area (Å²) in [6, 6.07) is 1.04. The highest BCUT2D eigenvalue weighted by molar-refractivity contribution is 5.92. The quantitative estimate of drug-likeness (QED) is 0.414. The molecule has 2 saturated heterocycles. The molecule has 2 atom stereocenters. The monoisotopic (exact) mass is 584 g/mol. The van der Waals surface area contributed by atoms with Gasteiger partial charge < -0.3 is 15.4 Å². The number of aromatic nitrogens is 6. The van der Waals surface area contributed by atoms with Crippen LogP contribution in [0.3, 0.4) is 0 Å². The van der Waals surface area contributed by atoms with Crippen LogP contribution in [0.4, 0.5) is 8.78 Å². The molecule has 5 heterocycles. The largest absolute Gasteiger partial charge is 0.381 e. The first-order valence-electron chi connectivity index (χ1n) is 15.1. The number of imidazole rings is 1. The molecule has 0 bridgehead atoms. The minimum absolute atomic E-state index is 0.0376. The second kappa shape index (κ2) is 12.0. The van der Waals surface area contributed by atoms with Gasteiger partial charge in [0.1, 0.15) is 5.69 Å². The molecule has 42 heavy (non-hydrogen) atoms. The summed E-state index contributed by atoms with van der Waals surface area (Å²) in [5.41, 5.74) is 2.54. The normalized spacial score (nSPS) is 22.6. The Kier molecular flexibility index (Phi) is 8.19. The third-order valence-electron chi connectivity index (χ3n) is 8.97. The van der Waals surface area contributed by atoms with Crippen molar-refractivity contribution in [2.75, 3.05) is 19.8 Å². The van der Waals surface area contributed by atoms with Gasteiger partial charge in [-0.1, -0.05) is 0 Å². The van der Waals surface area contributed by atoms with E-state index in [1.54, 1.807) is 27.7 Å². The molecule has 11 nitrogen and oxygen atoms in total. The zero-order valence-corrected chi connectivity index (χ0v) is 23.9. The summed E-state index contributed by atoms with van der Waals surface area (Å²) < 4.78 is 37.0. The van der Waals surface area contributed by atoms with E-state index in [0.29, 0.717) is 49.9 Å². The van der Waals surface area contributed by atoms with Crippen LogP contribution in [0.15, 0.2) is 18.5 Å². The number of hydrogen-bond donors (Lipinski definition) is 2. The van der Waals surface area contributed by atoms with Gasteiger partial charge >= 0.3 is 0 Å². The van der Waals surface area contributed by atoms with Gasteiger partial charge in [-0.05, 0) is 57.4 Å². The molecule has 3 aromatic heterocycles. The third kappa shape index (κ3) is 6.02. The van der Waals surface area contributed by atoms with Crippen LogP contribution >= 0.6 is 0 Å². The van der Waals surface area contributed by atoms with Crippen molar-refractivity contribution in [3.8, 4) is 0 Å². The molecule has 2 N–H and O–H groups in total. The molecule has 226 valence electrons. The molecule has 0 radical (unpaired) electrons. The predicted octanol–water partition coefficient (Wildman–Crippen LogP) is 3.60. The average Bonchev–Trinajstić information content (AvgIpc) is 3.64. The zero-order chi connectivity index (χ0) is 29.3. The molecule has 1 unspecified atom stereocenters. The summed E-state index contributed by atoms with van der Waals surface area (Å²) >= 11 is 0. The van der Waals surface area contributed by atoms with Crippen LogP contribution in [0, 0.1) is 11.8 Å². The Morgan fingerprint density at radius 3 is 2.71 bits per heavy atom. The number of nitrogens with zero attached hydrogens (tertiary/aromatic N) is 6. The first-order valence-corrected chi connectivity index (χ1v) is 15.1. The van der Waals surface area contributed by atoms with Crippen molar-refractivity contribution < 1.29 is 23.1 Å². The molecule has 3 fully saturated rings. The van der Waals surface area contributed by atoms with Gasteiger partial charge in [-0.2, -0.15) is 10.2 Å². The highest BCUT2D eigenvalue weighted by Crippen LogP contribution is 2.41. The number of halogens is 2. The first kappa shape index (κ1) is 28.6. The Balaban J connectivity index is 1.36. The molecule has 1 saturated carbocycles. The molecule has 0 spiro atoms. The third-order valence-corrected chi connectivity index (χ3v) is 8.97. The summed E-state index contributed by atoms with van der Waals surface area (Å²) in [6.07, 6.45) is 7.18. The van der Waals surface area contributed by atoms with Crippen LogP contribution in [-0.4, -0.2) is 66.9 Å². The van der Waals surface area contributed by atoms with Crippen molar-refractivity contribution in [1.29, 1.82) is 0 Å². The molecule has 1 aliphatic carbocycles. The molecule has 3 aliphatic rings. The number of nitrogens with one attached hydrogen (secondary N) is 2. The van der Waals surface area contributed by atoms with Crippen LogP contribution in [0.25, 0.3) is 5.78 Å². The van der Waals surface area contributed by atoms with E-state index in [1.165, 1.54) is 0 Å². The molecule has 2 aliphatic heterocycles. The number of piperidine rings is 1. The highest BCUT2D eigenvalue weighted by Gasteiger charge is 2.40. The van der Waals surface area contributed by atoms with E-state index in [2.05, 4.69) is 15.7 Å². The summed E-state index contributed by atoms with van der Waals surface area (Å²) in [7, 11) is 0. The SMILES string of the molecule is CCn1nccc1C(=O)NC(c1cn2nc(C[C@H]3CCCNC3=O)c(C3CCOCC3)nc2n1)C1CCC(F)(F)CC1. The fraction of sp³-hybridized carbons (Fsp3) is 0.655. The van der Waals surface area contributed by atoms with Gasteiger partial charge in [0, 0.05) is 63.6 Å². The zero-order valence-electron chi connectivity index (χ0n) is 23.9. The van der Waals surface area contributed by atoms with Crippen LogP contribution in [0.1, 0.15) is 97.8 Å². The van der Waals surface area contributed by atoms with Crippen molar-refractivity contribution >= 4 is 17.6 Å². The smallest absolute Gasteiger partial charge is 0.270 e. The van der Waals surface area contributed by atoms with Gasteiger partial charge in [0.05, 0.1) is 29.3 Å². The van der Waals surface area contributed by atoms with Crippen molar-refractivity contribution in [3.63, 3.8) is 0 Å². The molecule has 6 rings (SSSR count). The second-order valence-electron chi connectivity index (χ2n) is 11.8. The van der Waals surface area contributed by atoms with Crippen molar-refractivity contribution in [3.05, 3.63) is 41.2 Å².